The number of rotatable bonds is 8. The van der Waals surface area contributed by atoms with Crippen LogP contribution in [0.3, 0.4) is 0 Å². The second-order valence-electron chi connectivity index (χ2n) is 13.4. The van der Waals surface area contributed by atoms with E-state index in [9.17, 15) is 29.8 Å². The average Bonchev–Trinajstić information content (AvgIpc) is 3.12. The third-order valence-corrected chi connectivity index (χ3v) is 10.8. The maximum Gasteiger partial charge on any atom is 0.251 e. The van der Waals surface area contributed by atoms with E-state index in [-0.39, 0.29) is 53.1 Å². The van der Waals surface area contributed by atoms with Crippen LogP contribution in [-0.2, 0) is 29.9 Å². The van der Waals surface area contributed by atoms with Crippen molar-refractivity contribution < 1.29 is 47.9 Å². The Morgan fingerprint density at radius 2 is 1.11 bits per heavy atom. The Balaban J connectivity index is 0.000000178. The lowest BCUT2D eigenvalue weighted by molar-refractivity contribution is -0.434. The van der Waals surface area contributed by atoms with Gasteiger partial charge in [-0.1, -0.05) is 31.7 Å². The maximum absolute atomic E-state index is 12.1. The fourth-order valence-electron chi connectivity index (χ4n) is 8.74. The molecule has 0 amide bonds. The first-order valence-corrected chi connectivity index (χ1v) is 17.2. The maximum atomic E-state index is 12.1. The number of carbonyl (C=O) groups excluding carboxylic acids is 2. The molecule has 0 bridgehead atoms. The van der Waals surface area contributed by atoms with Crippen LogP contribution in [0.5, 0.6) is 23.0 Å². The summed E-state index contributed by atoms with van der Waals surface area (Å²) >= 11 is 0. The zero-order chi connectivity index (χ0) is 36.9. The first-order valence-electron chi connectivity index (χ1n) is 17.2. The molecule has 2 aromatic carbocycles. The van der Waals surface area contributed by atoms with E-state index in [0.29, 0.717) is 49.1 Å². The van der Waals surface area contributed by atoms with E-state index in [1.165, 1.54) is 12.2 Å². The van der Waals surface area contributed by atoms with E-state index < -0.39 is 35.2 Å². The second-order valence-corrected chi connectivity index (χ2v) is 13.4. The van der Waals surface area contributed by atoms with Gasteiger partial charge in [0, 0.05) is 73.0 Å². The van der Waals surface area contributed by atoms with Crippen LogP contribution in [0.15, 0.2) is 60.0 Å². The van der Waals surface area contributed by atoms with Crippen LogP contribution in [0, 0.1) is 32.1 Å². The summed E-state index contributed by atoms with van der Waals surface area (Å²) in [5.41, 5.74) is 1.80. The van der Waals surface area contributed by atoms with Crippen LogP contribution in [0.25, 0.3) is 12.2 Å². The number of ether oxygens (including phenoxy) is 6. The van der Waals surface area contributed by atoms with Crippen LogP contribution in [0.1, 0.15) is 69.2 Å². The van der Waals surface area contributed by atoms with Crippen molar-refractivity contribution in [3.8, 4) is 23.0 Å². The van der Waals surface area contributed by atoms with E-state index in [4.69, 9.17) is 28.4 Å². The number of carbonyl (C=O) groups is 2. The van der Waals surface area contributed by atoms with Gasteiger partial charge in [-0.3, -0.25) is 29.8 Å². The van der Waals surface area contributed by atoms with Crippen molar-refractivity contribution in [2.75, 3.05) is 27.4 Å². The van der Waals surface area contributed by atoms with Crippen LogP contribution in [0.2, 0.25) is 0 Å². The Hall–Kier alpha value is -5.34. The molecule has 0 saturated carbocycles. The Morgan fingerprint density at radius 3 is 1.45 bits per heavy atom. The predicted molar refractivity (Wildman–Crippen MR) is 192 cm³/mol. The molecule has 4 aliphatic carbocycles. The van der Waals surface area contributed by atoms with Gasteiger partial charge < -0.3 is 28.4 Å². The quantitative estimate of drug-likeness (QED) is 0.218. The van der Waals surface area contributed by atoms with Gasteiger partial charge in [0.25, 0.3) is 11.4 Å². The summed E-state index contributed by atoms with van der Waals surface area (Å²) < 4.78 is 34.4. The largest absolute Gasteiger partial charge is 0.493 e. The molecule has 280 valence electrons. The predicted octanol–water partition coefficient (Wildman–Crippen LogP) is 6.35. The van der Waals surface area contributed by atoms with E-state index in [1.807, 2.05) is 13.8 Å². The van der Waals surface area contributed by atoms with E-state index in [1.54, 1.807) is 62.8 Å². The minimum Gasteiger partial charge on any atom is -0.493 e. The summed E-state index contributed by atoms with van der Waals surface area (Å²) in [6, 6.07) is 7.08. The van der Waals surface area contributed by atoms with E-state index >= 15 is 0 Å². The Morgan fingerprint density at radius 1 is 0.717 bits per heavy atom. The molecule has 14 nitrogen and oxygen atoms in total. The first kappa shape index (κ1) is 37.4. The highest BCUT2D eigenvalue weighted by Crippen LogP contribution is 2.60. The van der Waals surface area contributed by atoms with Gasteiger partial charge in [0.2, 0.25) is 12.6 Å². The molecule has 2 unspecified atom stereocenters. The van der Waals surface area contributed by atoms with Gasteiger partial charge in [-0.2, -0.15) is 0 Å². The molecule has 2 aliphatic heterocycles. The van der Waals surface area contributed by atoms with Crippen LogP contribution in [-0.4, -0.2) is 61.4 Å². The molecule has 2 aromatic rings. The molecule has 2 heterocycles. The van der Waals surface area contributed by atoms with Gasteiger partial charge in [0.05, 0.1) is 35.9 Å². The first-order chi connectivity index (χ1) is 25.0. The van der Waals surface area contributed by atoms with E-state index in [2.05, 4.69) is 0 Å². The summed E-state index contributed by atoms with van der Waals surface area (Å²) in [7, 11) is 3.11. The highest BCUT2D eigenvalue weighted by molar-refractivity contribution is 5.93. The molecule has 0 saturated heterocycles. The zero-order valence-corrected chi connectivity index (χ0v) is 29.1. The standard InChI is InChI=1S/2C19H19NO6.CH4/c2*1-3-25-16-10-19-7-6-12(21)9-13(19)14(20(22)23)8-11-4-5-15(24-2)18(26-16)17(11)19;/h2*4-8,13,16H,3,9-10H2,1-2H3;1H4/t13?,16-,19+;13?,16-,19-;/m01./s1. The number of ketones is 2. The Bertz CT molecular complexity index is 1860. The van der Waals surface area contributed by atoms with Crippen molar-refractivity contribution in [3.63, 3.8) is 0 Å². The third kappa shape index (κ3) is 5.99. The van der Waals surface area contributed by atoms with Gasteiger partial charge >= 0.3 is 0 Å². The normalized spacial score (nSPS) is 28.0. The number of hydrogen-bond acceptors (Lipinski definition) is 12. The fraction of sp³-hybridized carbons (Fsp3) is 0.436. The average molecular weight is 731 g/mol. The van der Waals surface area contributed by atoms with Crippen molar-refractivity contribution >= 4 is 23.7 Å². The molecular formula is C39H42N2O12. The number of nitro groups is 2. The van der Waals surface area contributed by atoms with Gasteiger partial charge in [0.15, 0.2) is 34.6 Å². The molecule has 0 fully saturated rings. The molecule has 2 spiro atoms. The summed E-state index contributed by atoms with van der Waals surface area (Å²) in [6.07, 6.45) is 9.65. The van der Waals surface area contributed by atoms with Crippen LogP contribution < -0.4 is 18.9 Å². The highest BCUT2D eigenvalue weighted by atomic mass is 16.7. The summed E-state index contributed by atoms with van der Waals surface area (Å²) in [4.78, 5) is 46.8. The van der Waals surface area contributed by atoms with Gasteiger partial charge in [-0.15, -0.1) is 0 Å². The van der Waals surface area contributed by atoms with Crippen molar-refractivity contribution in [1.82, 2.24) is 0 Å². The molecule has 8 rings (SSSR count). The highest BCUT2D eigenvalue weighted by Gasteiger charge is 2.57. The minimum atomic E-state index is -0.720. The monoisotopic (exact) mass is 730 g/mol. The number of methoxy groups -OCH3 is 2. The summed E-state index contributed by atoms with van der Waals surface area (Å²) in [5.74, 6) is 0.848. The van der Waals surface area contributed by atoms with Crippen molar-refractivity contribution in [1.29, 1.82) is 0 Å². The van der Waals surface area contributed by atoms with Gasteiger partial charge in [0.1, 0.15) is 0 Å². The summed E-state index contributed by atoms with van der Waals surface area (Å²) in [6.45, 7) is 4.63. The lowest BCUT2D eigenvalue weighted by Gasteiger charge is -2.47. The number of allylic oxidation sites excluding steroid dienone is 6. The van der Waals surface area contributed by atoms with Crippen molar-refractivity contribution in [2.24, 2.45) is 11.8 Å². The van der Waals surface area contributed by atoms with Gasteiger partial charge in [-0.05, 0) is 49.3 Å². The van der Waals surface area contributed by atoms with E-state index in [0.717, 1.165) is 22.3 Å². The molecule has 14 heteroatoms. The second kappa shape index (κ2) is 14.2. The number of hydrogen-bond donors (Lipinski definition) is 0. The van der Waals surface area contributed by atoms with Crippen molar-refractivity contribution in [3.05, 3.63) is 102 Å². The third-order valence-electron chi connectivity index (χ3n) is 10.8. The molecule has 0 aromatic heterocycles. The SMILES string of the molecule is C.CCO[C@@H]1C[C@]23C=CC(=O)CC2C([N+](=O)[O-])=Cc2ccc(OC)c(c23)O1.CCO[C@H]1C[C@]23C=CC(=O)CC2C([N+](=O)[O-])=Cc2ccc(OC)c(c23)O1. The Labute approximate surface area is 306 Å². The van der Waals surface area contributed by atoms with Crippen molar-refractivity contribution in [2.45, 2.75) is 70.4 Å². The molecule has 53 heavy (non-hydrogen) atoms. The van der Waals surface area contributed by atoms with Crippen LogP contribution >= 0.6 is 0 Å². The molecule has 0 N–H and O–H groups in total. The smallest absolute Gasteiger partial charge is 0.251 e. The lowest BCUT2D eigenvalue weighted by atomic mass is 9.58. The minimum absolute atomic E-state index is 0. The number of nitrogens with zero attached hydrogens (tertiary/aromatic N) is 2. The lowest BCUT2D eigenvalue weighted by Crippen LogP contribution is -2.49. The molecule has 6 aliphatic rings. The molecule has 0 radical (unpaired) electrons. The zero-order valence-electron chi connectivity index (χ0n) is 29.1. The number of benzene rings is 2. The fourth-order valence-corrected chi connectivity index (χ4v) is 8.74. The van der Waals surface area contributed by atoms with Crippen LogP contribution in [0.4, 0.5) is 0 Å². The summed E-state index contributed by atoms with van der Waals surface area (Å²) in [5, 5.41) is 23.5. The molecular weight excluding hydrogens is 688 g/mol. The van der Waals surface area contributed by atoms with Gasteiger partial charge in [-0.25, -0.2) is 0 Å². The molecule has 6 atom stereocenters. The topological polar surface area (TPSA) is 176 Å². The Kier molecular flexibility index (Phi) is 10.1.